The molecule has 8 aromatic heterocycles. The molecule has 0 saturated carbocycles. The largest absolute Gasteiger partial charge is 0.455 e. The molecule has 0 aliphatic carbocycles. The summed E-state index contributed by atoms with van der Waals surface area (Å²) in [7, 11) is 0. The van der Waals surface area contributed by atoms with Gasteiger partial charge in [0.1, 0.15) is 11.2 Å². The normalized spacial score (nSPS) is 12.1. The topological polar surface area (TPSA) is 84.4 Å². The Morgan fingerprint density at radius 2 is 0.635 bits per heavy atom. The zero-order chi connectivity index (χ0) is 82.3. The second-order valence-corrected chi connectivity index (χ2v) is 34.0. The fraction of sp³-hybridized carbons (Fsp3) is 0. The third-order valence-corrected chi connectivity index (χ3v) is 27.4. The van der Waals surface area contributed by atoms with Crippen LogP contribution < -0.4 is 0 Å². The van der Waals surface area contributed by atoms with Gasteiger partial charge in [-0.15, -0.1) is 11.3 Å². The number of para-hydroxylation sites is 10. The molecule has 584 valence electrons. The molecule has 0 bridgehead atoms. The number of rotatable bonds is 8. The predicted molar refractivity (Wildman–Crippen MR) is 528 cm³/mol. The summed E-state index contributed by atoms with van der Waals surface area (Å²) in [5, 5.41) is 26.0. The van der Waals surface area contributed by atoms with E-state index in [1.165, 1.54) is 129 Å². The number of nitrogens with zero attached hydrogens (tertiary/aromatic N) is 8. The first kappa shape index (κ1) is 70.1. The van der Waals surface area contributed by atoms with Crippen molar-refractivity contribution in [2.45, 2.75) is 0 Å². The van der Waals surface area contributed by atoms with Gasteiger partial charge in [-0.2, -0.15) is 0 Å². The van der Waals surface area contributed by atoms with Gasteiger partial charge in [0.2, 0.25) is 0 Å². The standard InChI is InChI=1S/C58H34N4O.C58H34N4S/c1-2-17-39-36(15-1)34-52-54(56(39)62-49-26-9-4-18-40(49)41-19-5-10-27-50(41)62)45-22-6-11-28-51(45)61(52)48-29-13-16-35-33-37(31-32-38(35)48)58-59-47-25-8-3-21-44(47)55(60-58)46-24-14-23-43-42-20-7-12-30-53(42)63-57(43)46;1-2-15-40-37(14-1)34-52-54(56(40)62-49-24-9-4-16-41(49)42-17-5-10-25-50(42)62)46-20-6-11-26-51(46)61(52)39-31-30-35-32-38(29-28-36(35)33-39)58-59-48-23-8-3-19-45(48)55(60-58)47-22-13-21-44-43-18-7-12-27-53(43)63-57(44)47/h2*1-34H. The molecule has 0 radical (unpaired) electrons. The predicted octanol–water partition coefficient (Wildman–Crippen LogP) is 31.2. The van der Waals surface area contributed by atoms with Gasteiger partial charge in [0.05, 0.1) is 83.6 Å². The molecule has 0 N–H and O–H groups in total. The lowest BCUT2D eigenvalue weighted by Gasteiger charge is -2.16. The summed E-state index contributed by atoms with van der Waals surface area (Å²) in [6.45, 7) is 0. The Hall–Kier alpha value is -16.7. The van der Waals surface area contributed by atoms with Crippen LogP contribution in [0.2, 0.25) is 0 Å². The molecule has 0 aliphatic heterocycles. The number of aromatic nitrogens is 8. The summed E-state index contributed by atoms with van der Waals surface area (Å²) in [6.07, 6.45) is 0. The molecular formula is C116H68N8OS. The van der Waals surface area contributed by atoms with Gasteiger partial charge in [0.25, 0.3) is 0 Å². The van der Waals surface area contributed by atoms with Crippen LogP contribution in [0.25, 0.3) is 262 Å². The van der Waals surface area contributed by atoms with E-state index in [-0.39, 0.29) is 0 Å². The van der Waals surface area contributed by atoms with Crippen LogP contribution in [0.15, 0.2) is 417 Å². The van der Waals surface area contributed by atoms with Crippen LogP contribution in [0.5, 0.6) is 0 Å². The molecule has 20 aromatic carbocycles. The summed E-state index contributed by atoms with van der Waals surface area (Å²) in [5.74, 6) is 1.39. The fourth-order valence-corrected chi connectivity index (χ4v) is 21.9. The highest BCUT2D eigenvalue weighted by atomic mass is 32.1. The minimum atomic E-state index is 0.670. The third-order valence-electron chi connectivity index (χ3n) is 26.1. The van der Waals surface area contributed by atoms with Crippen molar-refractivity contribution in [3.8, 4) is 68.0 Å². The van der Waals surface area contributed by atoms with E-state index in [1.54, 1.807) is 0 Å². The zero-order valence-electron chi connectivity index (χ0n) is 67.7. The highest BCUT2D eigenvalue weighted by Crippen LogP contribution is 2.50. The average Bonchev–Trinajstić information content (AvgIpc) is 1.55. The Morgan fingerprint density at radius 3 is 1.23 bits per heavy atom. The van der Waals surface area contributed by atoms with Gasteiger partial charge in [-0.3, -0.25) is 0 Å². The molecular weight excluding hydrogens is 1550 g/mol. The molecule has 0 atom stereocenters. The van der Waals surface area contributed by atoms with Crippen molar-refractivity contribution >= 4 is 206 Å². The van der Waals surface area contributed by atoms with E-state index in [0.29, 0.717) is 5.82 Å². The van der Waals surface area contributed by atoms with Gasteiger partial charge < -0.3 is 22.7 Å². The third kappa shape index (κ3) is 10.5. The van der Waals surface area contributed by atoms with E-state index < -0.39 is 0 Å². The summed E-state index contributed by atoms with van der Waals surface area (Å²) in [4.78, 5) is 21.1. The minimum Gasteiger partial charge on any atom is -0.455 e. The van der Waals surface area contributed by atoms with Crippen molar-refractivity contribution < 1.29 is 4.42 Å². The first-order valence-electron chi connectivity index (χ1n) is 42.8. The Balaban J connectivity index is 0.000000131. The first-order valence-corrected chi connectivity index (χ1v) is 43.6. The Labute approximate surface area is 723 Å². The van der Waals surface area contributed by atoms with E-state index >= 15 is 0 Å². The molecule has 8 heterocycles. The molecule has 126 heavy (non-hydrogen) atoms. The highest BCUT2D eigenvalue weighted by molar-refractivity contribution is 7.26. The van der Waals surface area contributed by atoms with Gasteiger partial charge in [-0.25, -0.2) is 19.9 Å². The van der Waals surface area contributed by atoms with Crippen molar-refractivity contribution in [3.05, 3.63) is 413 Å². The Kier molecular flexibility index (Phi) is 15.3. The number of benzene rings is 20. The van der Waals surface area contributed by atoms with Crippen molar-refractivity contribution in [3.63, 3.8) is 0 Å². The average molecular weight is 1620 g/mol. The van der Waals surface area contributed by atoms with Crippen molar-refractivity contribution in [2.75, 3.05) is 0 Å². The van der Waals surface area contributed by atoms with Gasteiger partial charge in [0, 0.05) is 129 Å². The van der Waals surface area contributed by atoms with E-state index in [0.717, 1.165) is 127 Å². The van der Waals surface area contributed by atoms with E-state index in [2.05, 4.69) is 413 Å². The maximum atomic E-state index is 6.53. The molecule has 0 spiro atoms. The second-order valence-electron chi connectivity index (χ2n) is 33.0. The first-order chi connectivity index (χ1) is 62.5. The minimum absolute atomic E-state index is 0.670. The lowest BCUT2D eigenvalue weighted by atomic mass is 10.0. The van der Waals surface area contributed by atoms with Gasteiger partial charge in [-0.05, 0) is 136 Å². The molecule has 0 unspecified atom stereocenters. The quantitative estimate of drug-likeness (QED) is 0.151. The van der Waals surface area contributed by atoms with Crippen LogP contribution >= 0.6 is 11.3 Å². The van der Waals surface area contributed by atoms with Crippen molar-refractivity contribution in [1.82, 2.24) is 38.2 Å². The van der Waals surface area contributed by atoms with Crippen LogP contribution in [-0.4, -0.2) is 38.2 Å². The van der Waals surface area contributed by atoms with E-state index in [1.807, 2.05) is 29.5 Å². The van der Waals surface area contributed by atoms with Gasteiger partial charge in [0.15, 0.2) is 11.6 Å². The lowest BCUT2D eigenvalue weighted by Crippen LogP contribution is -1.99. The number of furan rings is 1. The Morgan fingerprint density at radius 1 is 0.230 bits per heavy atom. The van der Waals surface area contributed by atoms with Crippen molar-refractivity contribution in [1.29, 1.82) is 0 Å². The van der Waals surface area contributed by atoms with E-state index in [4.69, 9.17) is 24.4 Å². The number of hydrogen-bond donors (Lipinski definition) is 0. The zero-order valence-corrected chi connectivity index (χ0v) is 68.5. The maximum Gasteiger partial charge on any atom is 0.160 e. The lowest BCUT2D eigenvalue weighted by molar-refractivity contribution is 0.670. The molecule has 10 heteroatoms. The highest BCUT2D eigenvalue weighted by Gasteiger charge is 2.28. The molecule has 28 rings (SSSR count). The molecule has 0 aliphatic rings. The maximum absolute atomic E-state index is 6.53. The fourth-order valence-electron chi connectivity index (χ4n) is 20.7. The number of fused-ring (bicyclic) bond motifs is 24. The molecule has 0 saturated heterocycles. The SMILES string of the molecule is c1cc(-n2c3ccccc3c3c(-n4c5ccccc5c5ccccc54)c4ccccc4cc32)c2ccc(-c3nc(-c4cccc5c4oc4ccccc45)c4ccccc4n3)cc2c1.c1ccc2c(-n3c4ccccc4c4ccccc43)c3c4ccccc4n(-c4ccc5cc(-c6nc(-c7cccc8c7sc7ccccc78)c7ccccc7n6)ccc5c4)c3cc2c1. The smallest absolute Gasteiger partial charge is 0.160 e. The van der Waals surface area contributed by atoms with Crippen LogP contribution in [0.4, 0.5) is 0 Å². The van der Waals surface area contributed by atoms with Gasteiger partial charge >= 0.3 is 0 Å². The van der Waals surface area contributed by atoms with Crippen LogP contribution in [0.1, 0.15) is 0 Å². The summed E-state index contributed by atoms with van der Waals surface area (Å²) < 4.78 is 19.0. The van der Waals surface area contributed by atoms with Crippen molar-refractivity contribution in [2.24, 2.45) is 0 Å². The molecule has 28 aromatic rings. The van der Waals surface area contributed by atoms with Crippen LogP contribution in [-0.2, 0) is 0 Å². The molecule has 0 fully saturated rings. The number of thiophene rings is 1. The summed E-state index contributed by atoms with van der Waals surface area (Å²) in [5.41, 5.74) is 23.4. The second kappa shape index (κ2) is 27.4. The van der Waals surface area contributed by atoms with Crippen LogP contribution in [0.3, 0.4) is 0 Å². The Bertz CT molecular complexity index is 9440. The summed E-state index contributed by atoms with van der Waals surface area (Å²) >= 11 is 1.83. The van der Waals surface area contributed by atoms with Gasteiger partial charge in [-0.1, -0.05) is 303 Å². The molecule has 9 nitrogen and oxygen atoms in total. The van der Waals surface area contributed by atoms with Crippen LogP contribution in [0, 0.1) is 0 Å². The summed E-state index contributed by atoms with van der Waals surface area (Å²) in [6, 6.07) is 149. The monoisotopic (exact) mass is 1620 g/mol. The molecule has 0 amide bonds. The number of hydrogen-bond acceptors (Lipinski definition) is 6. The van der Waals surface area contributed by atoms with E-state index in [9.17, 15) is 0 Å².